The van der Waals surface area contributed by atoms with Crippen LogP contribution in [0.3, 0.4) is 0 Å². The Balaban J connectivity index is 1.49. The lowest BCUT2D eigenvalue weighted by Crippen LogP contribution is -2.38. The van der Waals surface area contributed by atoms with Crippen molar-refractivity contribution in [2.75, 3.05) is 0 Å². The van der Waals surface area contributed by atoms with Gasteiger partial charge in [0.1, 0.15) is 12.1 Å². The van der Waals surface area contributed by atoms with Crippen LogP contribution in [0.25, 0.3) is 16.7 Å². The van der Waals surface area contributed by atoms with Gasteiger partial charge in [-0.15, -0.1) is 0 Å². The largest absolute Gasteiger partial charge is 0.508 e. The number of phenolic OH excluding ortho intramolecular Hbond substituents is 1. The third kappa shape index (κ3) is 2.96. The highest BCUT2D eigenvalue weighted by Crippen LogP contribution is 2.29. The highest BCUT2D eigenvalue weighted by molar-refractivity contribution is 5.77. The van der Waals surface area contributed by atoms with Gasteiger partial charge in [0, 0.05) is 19.1 Å². The number of imidazole rings is 1. The summed E-state index contributed by atoms with van der Waals surface area (Å²) >= 11 is 0. The molecule has 4 heteroatoms. The Kier molecular flexibility index (Phi) is 4.14. The van der Waals surface area contributed by atoms with Gasteiger partial charge in [-0.2, -0.15) is 0 Å². The SMILES string of the molecule is CC1Cc2cc(O)ccc2CN1Cc1ccccc1-n1cnc2ccccc21. The summed E-state index contributed by atoms with van der Waals surface area (Å²) in [6, 6.07) is 23.0. The predicted molar refractivity (Wildman–Crippen MR) is 112 cm³/mol. The van der Waals surface area contributed by atoms with Crippen molar-refractivity contribution >= 4 is 11.0 Å². The number of phenols is 1. The zero-order valence-corrected chi connectivity index (χ0v) is 15.9. The summed E-state index contributed by atoms with van der Waals surface area (Å²) in [5, 5.41) is 9.78. The maximum absolute atomic E-state index is 9.78. The number of benzene rings is 3. The van der Waals surface area contributed by atoms with Crippen molar-refractivity contribution < 1.29 is 5.11 Å². The molecular formula is C24H23N3O. The first-order chi connectivity index (χ1) is 13.7. The van der Waals surface area contributed by atoms with Crippen LogP contribution in [0.5, 0.6) is 5.75 Å². The van der Waals surface area contributed by atoms with Crippen molar-refractivity contribution in [3.63, 3.8) is 0 Å². The Morgan fingerprint density at radius 1 is 1.00 bits per heavy atom. The Bertz CT molecular complexity index is 1150. The molecule has 1 atom stereocenters. The highest BCUT2D eigenvalue weighted by atomic mass is 16.3. The van der Waals surface area contributed by atoms with E-state index in [1.807, 2.05) is 24.5 Å². The molecule has 1 aromatic heterocycles. The van der Waals surface area contributed by atoms with Gasteiger partial charge in [0.15, 0.2) is 0 Å². The van der Waals surface area contributed by atoms with Crippen molar-refractivity contribution in [3.05, 3.63) is 89.7 Å². The van der Waals surface area contributed by atoms with Crippen molar-refractivity contribution in [2.24, 2.45) is 0 Å². The lowest BCUT2D eigenvalue weighted by Gasteiger charge is -2.35. The van der Waals surface area contributed by atoms with Crippen molar-refractivity contribution in [1.82, 2.24) is 14.5 Å². The number of rotatable bonds is 3. The van der Waals surface area contributed by atoms with Crippen LogP contribution >= 0.6 is 0 Å². The number of nitrogens with zero attached hydrogens (tertiary/aromatic N) is 3. The zero-order chi connectivity index (χ0) is 19.1. The van der Waals surface area contributed by atoms with E-state index < -0.39 is 0 Å². The van der Waals surface area contributed by atoms with Crippen molar-refractivity contribution in [3.8, 4) is 11.4 Å². The molecule has 0 saturated heterocycles. The van der Waals surface area contributed by atoms with Gasteiger partial charge in [-0.05, 0) is 60.4 Å². The minimum Gasteiger partial charge on any atom is -0.508 e. The molecule has 1 N–H and O–H groups in total. The van der Waals surface area contributed by atoms with Gasteiger partial charge in [0.25, 0.3) is 0 Å². The summed E-state index contributed by atoms with van der Waals surface area (Å²) in [4.78, 5) is 7.07. The molecule has 1 aliphatic heterocycles. The fourth-order valence-electron chi connectivity index (χ4n) is 4.24. The monoisotopic (exact) mass is 369 g/mol. The Hall–Kier alpha value is -3.11. The summed E-state index contributed by atoms with van der Waals surface area (Å²) in [5.74, 6) is 0.358. The molecule has 0 bridgehead atoms. The van der Waals surface area contributed by atoms with Crippen LogP contribution in [0, 0.1) is 0 Å². The van der Waals surface area contributed by atoms with Gasteiger partial charge in [-0.1, -0.05) is 36.4 Å². The first-order valence-corrected chi connectivity index (χ1v) is 9.74. The molecule has 28 heavy (non-hydrogen) atoms. The Morgan fingerprint density at radius 2 is 1.82 bits per heavy atom. The molecule has 0 aliphatic carbocycles. The standard InChI is InChI=1S/C24H23N3O/c1-17-12-20-13-21(28)11-10-18(20)14-26(17)15-19-6-2-4-8-23(19)27-16-25-22-7-3-5-9-24(22)27/h2-11,13,16-17,28H,12,14-15H2,1H3. The number of hydrogen-bond donors (Lipinski definition) is 1. The van der Waals surface area contributed by atoms with Gasteiger partial charge in [0.2, 0.25) is 0 Å². The summed E-state index contributed by atoms with van der Waals surface area (Å²) in [7, 11) is 0. The fraction of sp³-hybridized carbons (Fsp3) is 0.208. The second-order valence-corrected chi connectivity index (χ2v) is 7.64. The molecule has 0 radical (unpaired) electrons. The van der Waals surface area contributed by atoms with Gasteiger partial charge >= 0.3 is 0 Å². The second kappa shape index (κ2) is 6.80. The number of fused-ring (bicyclic) bond motifs is 2. The van der Waals surface area contributed by atoms with E-state index in [9.17, 15) is 5.11 Å². The molecule has 0 fully saturated rings. The lowest BCUT2D eigenvalue weighted by atomic mass is 9.94. The van der Waals surface area contributed by atoms with E-state index in [4.69, 9.17) is 0 Å². The van der Waals surface area contributed by atoms with Crippen molar-refractivity contribution in [1.29, 1.82) is 0 Å². The molecule has 4 nitrogen and oxygen atoms in total. The van der Waals surface area contributed by atoms with Crippen LogP contribution in [-0.2, 0) is 19.5 Å². The van der Waals surface area contributed by atoms with Gasteiger partial charge < -0.3 is 5.11 Å². The Morgan fingerprint density at radius 3 is 2.75 bits per heavy atom. The quantitative estimate of drug-likeness (QED) is 0.570. The molecule has 0 saturated carbocycles. The zero-order valence-electron chi connectivity index (χ0n) is 15.9. The van der Waals surface area contributed by atoms with E-state index in [0.717, 1.165) is 30.5 Å². The minimum atomic E-state index is 0.358. The molecule has 4 aromatic rings. The van der Waals surface area contributed by atoms with E-state index >= 15 is 0 Å². The van der Waals surface area contributed by atoms with E-state index in [2.05, 4.69) is 63.8 Å². The third-order valence-corrected chi connectivity index (χ3v) is 5.78. The number of aromatic hydroxyl groups is 1. The van der Waals surface area contributed by atoms with E-state index in [-0.39, 0.29) is 0 Å². The topological polar surface area (TPSA) is 41.3 Å². The van der Waals surface area contributed by atoms with Crippen LogP contribution < -0.4 is 0 Å². The molecule has 5 rings (SSSR count). The average molecular weight is 369 g/mol. The first-order valence-electron chi connectivity index (χ1n) is 9.74. The molecule has 140 valence electrons. The Labute approximate surface area is 164 Å². The van der Waals surface area contributed by atoms with Gasteiger partial charge in [0.05, 0.1) is 16.7 Å². The van der Waals surface area contributed by atoms with E-state index in [1.54, 1.807) is 6.07 Å². The summed E-state index contributed by atoms with van der Waals surface area (Å²) in [6.07, 6.45) is 2.88. The van der Waals surface area contributed by atoms with Crippen LogP contribution in [0.2, 0.25) is 0 Å². The molecule has 3 aromatic carbocycles. The molecule has 1 unspecified atom stereocenters. The summed E-state index contributed by atoms with van der Waals surface area (Å²) in [5.41, 5.74) is 7.18. The first kappa shape index (κ1) is 17.0. The van der Waals surface area contributed by atoms with Gasteiger partial charge in [-0.3, -0.25) is 9.47 Å². The molecular weight excluding hydrogens is 346 g/mol. The van der Waals surface area contributed by atoms with Crippen LogP contribution in [-0.4, -0.2) is 25.6 Å². The predicted octanol–water partition coefficient (Wildman–Crippen LogP) is 4.68. The molecule has 2 heterocycles. The van der Waals surface area contributed by atoms with E-state index in [0.29, 0.717) is 11.8 Å². The number of hydrogen-bond acceptors (Lipinski definition) is 3. The highest BCUT2D eigenvalue weighted by Gasteiger charge is 2.24. The smallest absolute Gasteiger partial charge is 0.115 e. The van der Waals surface area contributed by atoms with Gasteiger partial charge in [-0.25, -0.2) is 4.98 Å². The molecule has 0 amide bonds. The van der Waals surface area contributed by atoms with E-state index in [1.165, 1.54) is 22.4 Å². The van der Waals surface area contributed by atoms with Crippen molar-refractivity contribution in [2.45, 2.75) is 32.5 Å². The van der Waals surface area contributed by atoms with Crippen LogP contribution in [0.1, 0.15) is 23.6 Å². The summed E-state index contributed by atoms with van der Waals surface area (Å²) < 4.78 is 2.19. The fourth-order valence-corrected chi connectivity index (χ4v) is 4.24. The third-order valence-electron chi connectivity index (χ3n) is 5.78. The molecule has 0 spiro atoms. The second-order valence-electron chi connectivity index (χ2n) is 7.64. The normalized spacial score (nSPS) is 17.0. The summed E-state index contributed by atoms with van der Waals surface area (Å²) in [6.45, 7) is 4.04. The maximum Gasteiger partial charge on any atom is 0.115 e. The maximum atomic E-state index is 9.78. The number of para-hydroxylation sites is 3. The average Bonchev–Trinajstić information content (AvgIpc) is 3.13. The van der Waals surface area contributed by atoms with Crippen LogP contribution in [0.15, 0.2) is 73.1 Å². The molecule has 1 aliphatic rings. The lowest BCUT2D eigenvalue weighted by molar-refractivity contribution is 0.175. The minimum absolute atomic E-state index is 0.358. The van der Waals surface area contributed by atoms with Crippen LogP contribution in [0.4, 0.5) is 0 Å². The number of aromatic nitrogens is 2.